The number of amides is 1. The SMILES string of the molecule is C.COC(=O)c1ccc2ncc(Br)cc2c1.COc1cnc2ccc(C(=O)O)cc2c1.COc1cnc2ccc(Cc3cc(C(=O)NCc4c(C)cc(N)nc4C)ccn3)cc2c1.C[O-].[Na+]. The average molecular weight is 967 g/mol. The topological polar surface area (TPSA) is 225 Å². The maximum Gasteiger partial charge on any atom is 1.00 e. The third kappa shape index (κ3) is 14.5. The first-order valence-corrected chi connectivity index (χ1v) is 20.2. The number of ether oxygens (including phenoxy) is 3. The van der Waals surface area contributed by atoms with E-state index in [0.29, 0.717) is 41.4 Å². The molecule has 17 heteroatoms. The van der Waals surface area contributed by atoms with Gasteiger partial charge in [-0.1, -0.05) is 13.5 Å². The number of nitrogens with two attached hydrogens (primary N) is 1. The zero-order valence-electron chi connectivity index (χ0n) is 36.9. The maximum atomic E-state index is 12.8. The molecule has 0 aliphatic carbocycles. The van der Waals surface area contributed by atoms with E-state index >= 15 is 0 Å². The number of halogens is 1. The third-order valence-corrected chi connectivity index (χ3v) is 10.1. The second-order valence-corrected chi connectivity index (χ2v) is 14.8. The molecule has 0 fully saturated rings. The van der Waals surface area contributed by atoms with E-state index < -0.39 is 5.97 Å². The number of aryl methyl sites for hydroxylation is 2. The van der Waals surface area contributed by atoms with Crippen molar-refractivity contribution in [3.8, 4) is 11.5 Å². The fraction of sp³-hybridized carbons (Fsp3) is 0.184. The van der Waals surface area contributed by atoms with Crippen molar-refractivity contribution in [2.45, 2.75) is 34.2 Å². The first-order chi connectivity index (χ1) is 30.8. The zero-order valence-corrected chi connectivity index (χ0v) is 40.5. The quantitative estimate of drug-likeness (QED) is 0.127. The molecule has 5 aromatic heterocycles. The molecule has 0 atom stereocenters. The molecule has 0 saturated heterocycles. The van der Waals surface area contributed by atoms with Crippen molar-refractivity contribution >= 4 is 72.3 Å². The van der Waals surface area contributed by atoms with E-state index in [4.69, 9.17) is 25.4 Å². The van der Waals surface area contributed by atoms with Crippen molar-refractivity contribution in [1.29, 1.82) is 0 Å². The molecule has 5 heterocycles. The van der Waals surface area contributed by atoms with Crippen LogP contribution in [0.3, 0.4) is 0 Å². The average Bonchev–Trinajstić information content (AvgIpc) is 3.31. The normalized spacial score (nSPS) is 10.0. The molecule has 0 radical (unpaired) electrons. The standard InChI is InChI=1S/C25H25N5O2.C11H8BrNO2.C11H9NO3.CH3O.CH4.Na/c1-15-8-24(26)30-16(2)22(15)14-29-25(31)18-6-7-27-20(11-18)10-17-4-5-23-19(9-17)12-21(32-3)13-28-23;1-15-11(14)7-2-3-10-8(4-7)5-9(12)6-13-10;1-15-9-5-8-4-7(11(13)14)2-3-10(8)12-6-9;1-2;;/h4-9,11-13H,10,14H2,1-3H3,(H2,26,30)(H,29,31);2-6H,1H3;2-6H,1H3,(H,13,14);1H3;1H4;/q;;;-1;;+1. The van der Waals surface area contributed by atoms with Crippen LogP contribution in [0, 0.1) is 13.8 Å². The summed E-state index contributed by atoms with van der Waals surface area (Å²) in [6.45, 7) is 4.25. The molecule has 3 aromatic carbocycles. The van der Waals surface area contributed by atoms with Crippen molar-refractivity contribution < 1.29 is 68.4 Å². The number of carbonyl (C=O) groups is 3. The summed E-state index contributed by atoms with van der Waals surface area (Å²) < 4.78 is 15.8. The summed E-state index contributed by atoms with van der Waals surface area (Å²) in [4.78, 5) is 56.2. The molecule has 0 unspecified atom stereocenters. The van der Waals surface area contributed by atoms with Gasteiger partial charge in [-0.15, -0.1) is 0 Å². The van der Waals surface area contributed by atoms with Gasteiger partial charge >= 0.3 is 41.5 Å². The van der Waals surface area contributed by atoms with Crippen molar-refractivity contribution in [1.82, 2.24) is 30.2 Å². The molecule has 4 N–H and O–H groups in total. The van der Waals surface area contributed by atoms with Crippen LogP contribution in [0.15, 0.2) is 120 Å². The number of esters is 1. The largest absolute Gasteiger partial charge is 1.00 e. The second-order valence-electron chi connectivity index (χ2n) is 13.9. The number of nitrogen functional groups attached to an aromatic ring is 1. The Kier molecular flexibility index (Phi) is 21.0. The number of nitrogens with zero attached hydrogens (tertiary/aromatic N) is 5. The minimum atomic E-state index is -0.945. The van der Waals surface area contributed by atoms with Crippen molar-refractivity contribution in [2.75, 3.05) is 34.2 Å². The van der Waals surface area contributed by atoms with Crippen LogP contribution in [0.1, 0.15) is 66.6 Å². The van der Waals surface area contributed by atoms with E-state index in [0.717, 1.165) is 72.4 Å². The van der Waals surface area contributed by atoms with Gasteiger partial charge in [-0.3, -0.25) is 24.7 Å². The van der Waals surface area contributed by atoms with E-state index in [1.165, 1.54) is 13.2 Å². The van der Waals surface area contributed by atoms with Gasteiger partial charge in [0.15, 0.2) is 0 Å². The second kappa shape index (κ2) is 25.8. The van der Waals surface area contributed by atoms with E-state index in [-0.39, 0.29) is 54.4 Å². The summed E-state index contributed by atoms with van der Waals surface area (Å²) in [5.74, 6) is 0.378. The fourth-order valence-electron chi connectivity index (χ4n) is 6.44. The van der Waals surface area contributed by atoms with Crippen LogP contribution in [-0.4, -0.2) is 76.3 Å². The molecule has 66 heavy (non-hydrogen) atoms. The number of carbonyl (C=O) groups excluding carboxylic acids is 2. The van der Waals surface area contributed by atoms with Crippen LogP contribution in [0.4, 0.5) is 5.82 Å². The molecular formula is C49H49BrN7NaO8. The Hall–Kier alpha value is -6.56. The van der Waals surface area contributed by atoms with Crippen molar-refractivity contribution in [3.05, 3.63) is 165 Å². The summed E-state index contributed by atoms with van der Waals surface area (Å²) >= 11 is 3.33. The number of pyridine rings is 5. The van der Waals surface area contributed by atoms with Gasteiger partial charge < -0.3 is 35.5 Å². The number of carboxylic acids is 1. The number of carboxylic acid groups (broad SMARTS) is 1. The Morgan fingerprint density at radius 1 is 0.712 bits per heavy atom. The van der Waals surface area contributed by atoms with Gasteiger partial charge in [-0.05, 0) is 131 Å². The Morgan fingerprint density at radius 3 is 1.86 bits per heavy atom. The smallest absolute Gasteiger partial charge is 0.857 e. The molecule has 0 aliphatic rings. The van der Waals surface area contributed by atoms with Crippen LogP contribution < -0.4 is 55.2 Å². The Balaban J connectivity index is 0.000000284. The molecule has 336 valence electrons. The Labute approximate surface area is 413 Å². The van der Waals surface area contributed by atoms with Crippen molar-refractivity contribution in [2.24, 2.45) is 0 Å². The number of aromatic carboxylic acids is 1. The molecule has 8 rings (SSSR count). The van der Waals surface area contributed by atoms with E-state index in [9.17, 15) is 14.4 Å². The molecule has 0 saturated carbocycles. The van der Waals surface area contributed by atoms with Gasteiger partial charge in [0.05, 0.1) is 61.4 Å². The summed E-state index contributed by atoms with van der Waals surface area (Å²) in [6, 6.07) is 27.1. The van der Waals surface area contributed by atoms with Gasteiger partial charge in [0.2, 0.25) is 0 Å². The van der Waals surface area contributed by atoms with E-state index in [1.807, 2.05) is 50.2 Å². The van der Waals surface area contributed by atoms with Crippen LogP contribution in [0.5, 0.6) is 11.5 Å². The van der Waals surface area contributed by atoms with Crippen LogP contribution in [0.25, 0.3) is 32.7 Å². The van der Waals surface area contributed by atoms with Crippen molar-refractivity contribution in [3.63, 3.8) is 0 Å². The molecule has 8 aromatic rings. The summed E-state index contributed by atoms with van der Waals surface area (Å²) in [6.07, 6.45) is 7.30. The molecule has 0 spiro atoms. The molecule has 0 aliphatic heterocycles. The number of anilines is 1. The van der Waals surface area contributed by atoms with Crippen LogP contribution >= 0.6 is 15.9 Å². The first-order valence-electron chi connectivity index (χ1n) is 19.4. The van der Waals surface area contributed by atoms with Crippen LogP contribution in [0.2, 0.25) is 0 Å². The first kappa shape index (κ1) is 53.8. The number of benzene rings is 3. The molecule has 15 nitrogen and oxygen atoms in total. The summed E-state index contributed by atoms with van der Waals surface area (Å²) in [7, 11) is 5.29. The Morgan fingerprint density at radius 2 is 1.27 bits per heavy atom. The van der Waals surface area contributed by atoms with E-state index in [2.05, 4.69) is 57.0 Å². The number of rotatable bonds is 9. The van der Waals surface area contributed by atoms with Gasteiger partial charge in [-0.25, -0.2) is 14.6 Å². The summed E-state index contributed by atoms with van der Waals surface area (Å²) in [5.41, 5.74) is 14.3. The predicted molar refractivity (Wildman–Crippen MR) is 253 cm³/mol. The number of fused-ring (bicyclic) bond motifs is 3. The number of hydrogen-bond acceptors (Lipinski definition) is 13. The fourth-order valence-corrected chi connectivity index (χ4v) is 6.79. The van der Waals surface area contributed by atoms with Crippen LogP contribution in [-0.2, 0) is 17.7 Å². The minimum Gasteiger partial charge on any atom is -0.857 e. The molecule has 1 amide bonds. The van der Waals surface area contributed by atoms with Gasteiger partial charge in [0.1, 0.15) is 17.3 Å². The number of methoxy groups -OCH3 is 3. The zero-order chi connectivity index (χ0) is 46.3. The van der Waals surface area contributed by atoms with Gasteiger partial charge in [-0.2, -0.15) is 7.11 Å². The number of hydrogen-bond donors (Lipinski definition) is 3. The third-order valence-electron chi connectivity index (χ3n) is 9.63. The summed E-state index contributed by atoms with van der Waals surface area (Å²) in [5, 5.41) is 22.7. The van der Waals surface area contributed by atoms with Gasteiger partial charge in [0, 0.05) is 62.9 Å². The number of nitrogens with one attached hydrogen (secondary N) is 1. The minimum absolute atomic E-state index is 0. The monoisotopic (exact) mass is 965 g/mol. The predicted octanol–water partition coefficient (Wildman–Crippen LogP) is 5.10. The van der Waals surface area contributed by atoms with E-state index in [1.54, 1.807) is 81.5 Å². The molecule has 0 bridgehead atoms. The van der Waals surface area contributed by atoms with Gasteiger partial charge in [0.25, 0.3) is 5.91 Å². The Bertz CT molecular complexity index is 2930. The molecular weight excluding hydrogens is 917 g/mol. The maximum absolute atomic E-state index is 12.8. The number of aromatic nitrogens is 5.